The number of benzene rings is 2. The zero-order valence-corrected chi connectivity index (χ0v) is 9.89. The number of hydrogen-bond acceptors (Lipinski definition) is 8. The van der Waals surface area contributed by atoms with E-state index in [1.807, 2.05) is 0 Å². The van der Waals surface area contributed by atoms with Crippen molar-refractivity contribution < 1.29 is 30.6 Å². The lowest BCUT2D eigenvalue weighted by Gasteiger charge is -2.04. The highest BCUT2D eigenvalue weighted by atomic mass is 16.3. The van der Waals surface area contributed by atoms with Crippen LogP contribution in [0, 0.1) is 0 Å². The Balaban J connectivity index is 2.45. The maximum Gasteiger partial charge on any atom is 0.169 e. The molecule has 8 nitrogen and oxygen atoms in total. The van der Waals surface area contributed by atoms with E-state index in [0.717, 1.165) is 24.3 Å². The van der Waals surface area contributed by atoms with Gasteiger partial charge >= 0.3 is 0 Å². The van der Waals surface area contributed by atoms with Gasteiger partial charge in [-0.05, 0) is 0 Å². The average Bonchev–Trinajstić information content (AvgIpc) is 2.30. The normalized spacial score (nSPS) is 11.0. The Labute approximate surface area is 112 Å². The summed E-state index contributed by atoms with van der Waals surface area (Å²) in [6.07, 6.45) is 0. The Bertz CT molecular complexity index is 593. The summed E-state index contributed by atoms with van der Waals surface area (Å²) in [5.74, 6) is -2.88. The van der Waals surface area contributed by atoms with Crippen molar-refractivity contribution in [1.29, 1.82) is 0 Å². The number of rotatable bonds is 2. The van der Waals surface area contributed by atoms with Crippen LogP contribution in [0.4, 0.5) is 11.4 Å². The van der Waals surface area contributed by atoms with Crippen LogP contribution in [-0.4, -0.2) is 30.6 Å². The summed E-state index contributed by atoms with van der Waals surface area (Å²) in [5.41, 5.74) is -0.704. The van der Waals surface area contributed by atoms with Gasteiger partial charge in [-0.1, -0.05) is 0 Å². The van der Waals surface area contributed by atoms with Gasteiger partial charge in [0, 0.05) is 24.3 Å². The number of aromatic hydroxyl groups is 6. The fourth-order valence-electron chi connectivity index (χ4n) is 1.48. The van der Waals surface area contributed by atoms with Gasteiger partial charge in [0.15, 0.2) is 34.4 Å². The summed E-state index contributed by atoms with van der Waals surface area (Å²) in [6, 6.07) is 3.74. The zero-order chi connectivity index (χ0) is 14.9. The van der Waals surface area contributed by atoms with Gasteiger partial charge in [-0.3, -0.25) is 0 Å². The monoisotopic (exact) mass is 278 g/mol. The molecule has 0 radical (unpaired) electrons. The highest BCUT2D eigenvalue weighted by Crippen LogP contribution is 2.43. The number of nitrogens with zero attached hydrogens (tertiary/aromatic N) is 2. The van der Waals surface area contributed by atoms with E-state index < -0.39 is 23.0 Å². The van der Waals surface area contributed by atoms with E-state index in [0.29, 0.717) is 0 Å². The molecule has 104 valence electrons. The van der Waals surface area contributed by atoms with Crippen LogP contribution in [0.15, 0.2) is 34.5 Å². The first-order valence-electron chi connectivity index (χ1n) is 5.30. The van der Waals surface area contributed by atoms with Gasteiger partial charge in [-0.2, -0.15) is 0 Å². The summed E-state index contributed by atoms with van der Waals surface area (Å²) < 4.78 is 0. The number of hydrogen-bond donors (Lipinski definition) is 6. The van der Waals surface area contributed by atoms with Crippen LogP contribution in [-0.2, 0) is 0 Å². The molecule has 2 aromatic carbocycles. The molecule has 0 bridgehead atoms. The minimum Gasteiger partial charge on any atom is -0.508 e. The van der Waals surface area contributed by atoms with Crippen LogP contribution in [0.25, 0.3) is 0 Å². The summed E-state index contributed by atoms with van der Waals surface area (Å²) in [6.45, 7) is 0. The van der Waals surface area contributed by atoms with Crippen molar-refractivity contribution in [1.82, 2.24) is 0 Å². The lowest BCUT2D eigenvalue weighted by Crippen LogP contribution is -1.74. The van der Waals surface area contributed by atoms with E-state index in [2.05, 4.69) is 10.2 Å². The molecule has 0 aliphatic heterocycles. The van der Waals surface area contributed by atoms with Gasteiger partial charge in [-0.25, -0.2) is 0 Å². The first-order valence-corrected chi connectivity index (χ1v) is 5.30. The molecule has 0 aliphatic rings. The van der Waals surface area contributed by atoms with Gasteiger partial charge in [0.25, 0.3) is 0 Å². The first-order chi connectivity index (χ1) is 9.38. The molecule has 8 heteroatoms. The largest absolute Gasteiger partial charge is 0.508 e. The molecule has 0 spiro atoms. The highest BCUT2D eigenvalue weighted by molar-refractivity contribution is 5.66. The molecule has 0 aromatic heterocycles. The maximum atomic E-state index is 9.49. The molecule has 0 saturated carbocycles. The third kappa shape index (κ3) is 2.48. The van der Waals surface area contributed by atoms with Crippen LogP contribution in [0.5, 0.6) is 34.5 Å². The Hall–Kier alpha value is -3.16. The molecule has 0 aliphatic carbocycles. The van der Waals surface area contributed by atoms with Crippen molar-refractivity contribution in [2.45, 2.75) is 0 Å². The second-order valence-corrected chi connectivity index (χ2v) is 3.87. The number of phenols is 6. The van der Waals surface area contributed by atoms with Crippen molar-refractivity contribution in [2.75, 3.05) is 0 Å². The molecule has 0 fully saturated rings. The quantitative estimate of drug-likeness (QED) is 0.465. The summed E-state index contributed by atoms with van der Waals surface area (Å²) >= 11 is 0. The topological polar surface area (TPSA) is 146 Å². The lowest BCUT2D eigenvalue weighted by atomic mass is 10.2. The second kappa shape index (κ2) is 4.84. The Morgan fingerprint density at radius 3 is 1.00 bits per heavy atom. The fourth-order valence-corrected chi connectivity index (χ4v) is 1.48. The predicted molar refractivity (Wildman–Crippen MR) is 67.0 cm³/mol. The molecule has 0 saturated heterocycles. The summed E-state index contributed by atoms with van der Waals surface area (Å²) in [5, 5.41) is 63.2. The molecular formula is C12H10N2O6. The van der Waals surface area contributed by atoms with Crippen LogP contribution in [0.2, 0.25) is 0 Å². The standard InChI is InChI=1S/C12H10N2O6/c15-5-1-7(17)11(8(18)2-5)13-14-12-9(19)3-6(16)4-10(12)20/h1-4,15-20H. The van der Waals surface area contributed by atoms with Crippen molar-refractivity contribution in [3.8, 4) is 34.5 Å². The smallest absolute Gasteiger partial charge is 0.169 e. The summed E-state index contributed by atoms with van der Waals surface area (Å²) in [4.78, 5) is 0. The maximum absolute atomic E-state index is 9.49. The molecule has 0 heterocycles. The SMILES string of the molecule is Oc1cc(O)c(N=Nc2c(O)cc(O)cc2O)c(O)c1. The zero-order valence-electron chi connectivity index (χ0n) is 9.89. The highest BCUT2D eigenvalue weighted by Gasteiger charge is 2.12. The molecule has 0 amide bonds. The Kier molecular flexibility index (Phi) is 3.21. The fraction of sp³-hybridized carbons (Fsp3) is 0. The number of azo groups is 1. The third-order valence-corrected chi connectivity index (χ3v) is 2.36. The van der Waals surface area contributed by atoms with E-state index in [-0.39, 0.29) is 22.9 Å². The molecule has 0 atom stereocenters. The van der Waals surface area contributed by atoms with E-state index in [4.69, 9.17) is 10.2 Å². The second-order valence-electron chi connectivity index (χ2n) is 3.87. The molecule has 20 heavy (non-hydrogen) atoms. The van der Waals surface area contributed by atoms with Crippen molar-refractivity contribution >= 4 is 11.4 Å². The van der Waals surface area contributed by atoms with E-state index in [1.54, 1.807) is 0 Å². The van der Waals surface area contributed by atoms with Crippen molar-refractivity contribution in [3.05, 3.63) is 24.3 Å². The first kappa shape index (κ1) is 13.3. The third-order valence-electron chi connectivity index (χ3n) is 2.36. The molecule has 2 aromatic rings. The van der Waals surface area contributed by atoms with Crippen LogP contribution < -0.4 is 0 Å². The minimum absolute atomic E-state index is 0.352. The molecule has 2 rings (SSSR count). The van der Waals surface area contributed by atoms with Gasteiger partial charge in [0.2, 0.25) is 0 Å². The minimum atomic E-state index is -0.538. The number of phenolic OH excluding ortho intramolecular Hbond substituents is 6. The van der Waals surface area contributed by atoms with Crippen LogP contribution in [0.3, 0.4) is 0 Å². The van der Waals surface area contributed by atoms with Crippen molar-refractivity contribution in [3.63, 3.8) is 0 Å². The van der Waals surface area contributed by atoms with Gasteiger partial charge in [-0.15, -0.1) is 10.2 Å². The van der Waals surface area contributed by atoms with E-state index in [1.165, 1.54) is 0 Å². The average molecular weight is 278 g/mol. The van der Waals surface area contributed by atoms with Crippen molar-refractivity contribution in [2.24, 2.45) is 10.2 Å². The summed E-state index contributed by atoms with van der Waals surface area (Å²) in [7, 11) is 0. The van der Waals surface area contributed by atoms with Gasteiger partial charge in [0.1, 0.15) is 11.5 Å². The van der Waals surface area contributed by atoms with Crippen LogP contribution in [0.1, 0.15) is 0 Å². The van der Waals surface area contributed by atoms with Gasteiger partial charge in [0.05, 0.1) is 0 Å². The Morgan fingerprint density at radius 1 is 0.500 bits per heavy atom. The van der Waals surface area contributed by atoms with E-state index in [9.17, 15) is 20.4 Å². The van der Waals surface area contributed by atoms with E-state index >= 15 is 0 Å². The Morgan fingerprint density at radius 2 is 0.750 bits per heavy atom. The molecule has 6 N–H and O–H groups in total. The lowest BCUT2D eigenvalue weighted by molar-refractivity contribution is 0.425. The molecule has 0 unspecified atom stereocenters. The van der Waals surface area contributed by atoms with Gasteiger partial charge < -0.3 is 30.6 Å². The van der Waals surface area contributed by atoms with Crippen LogP contribution >= 0.6 is 0 Å². The predicted octanol–water partition coefficient (Wildman–Crippen LogP) is 2.34. The molecular weight excluding hydrogens is 268 g/mol.